The van der Waals surface area contributed by atoms with Crippen molar-refractivity contribution in [2.24, 2.45) is 0 Å². The molecule has 0 fully saturated rings. The zero-order valence-corrected chi connectivity index (χ0v) is 8.21. The van der Waals surface area contributed by atoms with Crippen LogP contribution in [0.15, 0.2) is 30.7 Å². The first-order valence-corrected chi connectivity index (χ1v) is 4.48. The molecule has 2 rings (SSSR count). The number of amides is 1. The predicted molar refractivity (Wildman–Crippen MR) is 55.8 cm³/mol. The van der Waals surface area contributed by atoms with Crippen LogP contribution in [-0.4, -0.2) is 20.9 Å². The molecule has 5 heteroatoms. The molecule has 0 spiro atoms. The van der Waals surface area contributed by atoms with Gasteiger partial charge in [-0.3, -0.25) is 9.36 Å². The van der Waals surface area contributed by atoms with Crippen LogP contribution in [0.2, 0.25) is 0 Å². The van der Waals surface area contributed by atoms with Crippen LogP contribution in [0.25, 0.3) is 5.82 Å². The molecule has 0 aliphatic rings. The molecule has 2 heterocycles. The number of imidazole rings is 1. The van der Waals surface area contributed by atoms with E-state index in [2.05, 4.69) is 15.3 Å². The molecule has 0 unspecified atom stereocenters. The fourth-order valence-electron chi connectivity index (χ4n) is 1.37. The Kier molecular flexibility index (Phi) is 2.45. The molecule has 0 saturated heterocycles. The van der Waals surface area contributed by atoms with Gasteiger partial charge in [-0.1, -0.05) is 0 Å². The topological polar surface area (TPSA) is 59.8 Å². The summed E-state index contributed by atoms with van der Waals surface area (Å²) in [4.78, 5) is 18.7. The lowest BCUT2D eigenvalue weighted by atomic mass is 10.4. The number of pyridine rings is 1. The van der Waals surface area contributed by atoms with Crippen molar-refractivity contribution in [2.45, 2.75) is 6.92 Å². The highest BCUT2D eigenvalue weighted by Gasteiger charge is 2.06. The number of hydrogen-bond donors (Lipinski definition) is 1. The third-order valence-electron chi connectivity index (χ3n) is 2.06. The van der Waals surface area contributed by atoms with E-state index >= 15 is 0 Å². The van der Waals surface area contributed by atoms with Gasteiger partial charge in [0.25, 0.3) is 0 Å². The summed E-state index contributed by atoms with van der Waals surface area (Å²) in [5.41, 5.74) is 0.661. The van der Waals surface area contributed by atoms with Crippen LogP contribution in [0.3, 0.4) is 0 Å². The van der Waals surface area contributed by atoms with Gasteiger partial charge >= 0.3 is 0 Å². The number of hydrogen-bond acceptors (Lipinski definition) is 3. The Hall–Kier alpha value is -2.17. The SMILES string of the molecule is Cc1nccn1-c1ncccc1NC=O. The van der Waals surface area contributed by atoms with Crippen LogP contribution in [0.4, 0.5) is 5.69 Å². The van der Waals surface area contributed by atoms with E-state index < -0.39 is 0 Å². The largest absolute Gasteiger partial charge is 0.326 e. The highest BCUT2D eigenvalue weighted by atomic mass is 16.1. The van der Waals surface area contributed by atoms with Crippen molar-refractivity contribution in [3.63, 3.8) is 0 Å². The Morgan fingerprint density at radius 2 is 2.27 bits per heavy atom. The Labute approximate surface area is 86.8 Å². The van der Waals surface area contributed by atoms with Gasteiger partial charge in [-0.25, -0.2) is 9.97 Å². The van der Waals surface area contributed by atoms with Crippen LogP contribution in [0.1, 0.15) is 5.82 Å². The number of aromatic nitrogens is 3. The van der Waals surface area contributed by atoms with Gasteiger partial charge in [0.1, 0.15) is 5.82 Å². The number of carbonyl (C=O) groups is 1. The van der Waals surface area contributed by atoms with E-state index in [4.69, 9.17) is 0 Å². The molecule has 76 valence electrons. The van der Waals surface area contributed by atoms with Gasteiger partial charge in [-0.05, 0) is 19.1 Å². The minimum absolute atomic E-state index is 0.632. The zero-order valence-electron chi connectivity index (χ0n) is 8.21. The summed E-state index contributed by atoms with van der Waals surface area (Å²) in [6, 6.07) is 3.55. The molecule has 0 saturated carbocycles. The summed E-state index contributed by atoms with van der Waals surface area (Å²) in [5, 5.41) is 2.60. The van der Waals surface area contributed by atoms with E-state index in [1.54, 1.807) is 30.7 Å². The Balaban J connectivity index is 2.52. The van der Waals surface area contributed by atoms with Crippen molar-refractivity contribution < 1.29 is 4.79 Å². The van der Waals surface area contributed by atoms with E-state index in [0.29, 0.717) is 17.9 Å². The molecule has 2 aromatic heterocycles. The Bertz CT molecular complexity index is 478. The lowest BCUT2D eigenvalue weighted by molar-refractivity contribution is -0.105. The van der Waals surface area contributed by atoms with Crippen LogP contribution < -0.4 is 5.32 Å². The maximum absolute atomic E-state index is 10.4. The van der Waals surface area contributed by atoms with Gasteiger partial charge in [0, 0.05) is 18.6 Å². The van der Waals surface area contributed by atoms with Crippen molar-refractivity contribution in [1.82, 2.24) is 14.5 Å². The van der Waals surface area contributed by atoms with Gasteiger partial charge in [0.15, 0.2) is 5.82 Å². The molecule has 0 aliphatic heterocycles. The molecule has 2 aromatic rings. The minimum atomic E-state index is 0.632. The molecule has 0 radical (unpaired) electrons. The molecule has 1 N–H and O–H groups in total. The molecule has 1 amide bonds. The number of rotatable bonds is 3. The lowest BCUT2D eigenvalue weighted by Crippen LogP contribution is -2.04. The van der Waals surface area contributed by atoms with Gasteiger partial charge in [0.05, 0.1) is 5.69 Å². The highest BCUT2D eigenvalue weighted by Crippen LogP contribution is 2.17. The standard InChI is InChI=1S/C10H10N4O/c1-8-11-5-6-14(8)10-9(13-7-15)3-2-4-12-10/h2-7H,1H3,(H,13,15). The third-order valence-corrected chi connectivity index (χ3v) is 2.06. The third kappa shape index (κ3) is 1.71. The zero-order chi connectivity index (χ0) is 10.7. The van der Waals surface area contributed by atoms with Gasteiger partial charge in [-0.2, -0.15) is 0 Å². The van der Waals surface area contributed by atoms with E-state index in [-0.39, 0.29) is 0 Å². The summed E-state index contributed by atoms with van der Waals surface area (Å²) in [6.45, 7) is 1.87. The normalized spacial score (nSPS) is 9.93. The van der Waals surface area contributed by atoms with Gasteiger partial charge in [0.2, 0.25) is 6.41 Å². The number of carbonyl (C=O) groups excluding carboxylic acids is 1. The maximum Gasteiger partial charge on any atom is 0.211 e. The molecule has 0 aromatic carbocycles. The van der Waals surface area contributed by atoms with Crippen LogP contribution >= 0.6 is 0 Å². The molecule has 0 aliphatic carbocycles. The molecular weight excluding hydrogens is 192 g/mol. The summed E-state index contributed by atoms with van der Waals surface area (Å²) in [7, 11) is 0. The molecule has 15 heavy (non-hydrogen) atoms. The Morgan fingerprint density at radius 3 is 2.93 bits per heavy atom. The lowest BCUT2D eigenvalue weighted by Gasteiger charge is -2.08. The van der Waals surface area contributed by atoms with Crippen LogP contribution in [0.5, 0.6) is 0 Å². The first-order valence-electron chi connectivity index (χ1n) is 4.48. The van der Waals surface area contributed by atoms with Gasteiger partial charge < -0.3 is 5.32 Å². The van der Waals surface area contributed by atoms with Crippen molar-refractivity contribution >= 4 is 12.1 Å². The number of aryl methyl sites for hydroxylation is 1. The first-order chi connectivity index (χ1) is 7.33. The fraction of sp³-hybridized carbons (Fsp3) is 0.100. The molecule has 5 nitrogen and oxygen atoms in total. The average molecular weight is 202 g/mol. The second-order valence-electron chi connectivity index (χ2n) is 2.98. The summed E-state index contributed by atoms with van der Waals surface area (Å²) >= 11 is 0. The maximum atomic E-state index is 10.4. The van der Waals surface area contributed by atoms with Gasteiger partial charge in [-0.15, -0.1) is 0 Å². The van der Waals surface area contributed by atoms with Crippen LogP contribution in [-0.2, 0) is 4.79 Å². The smallest absolute Gasteiger partial charge is 0.211 e. The van der Waals surface area contributed by atoms with E-state index in [9.17, 15) is 4.79 Å². The van der Waals surface area contributed by atoms with Crippen LogP contribution in [0, 0.1) is 6.92 Å². The van der Waals surface area contributed by atoms with Crippen molar-refractivity contribution in [1.29, 1.82) is 0 Å². The van der Waals surface area contributed by atoms with E-state index in [1.165, 1.54) is 0 Å². The quantitative estimate of drug-likeness (QED) is 0.759. The summed E-state index contributed by atoms with van der Waals surface area (Å²) in [5.74, 6) is 1.49. The molecule has 0 bridgehead atoms. The Morgan fingerprint density at radius 1 is 1.40 bits per heavy atom. The second kappa shape index (κ2) is 3.91. The number of anilines is 1. The minimum Gasteiger partial charge on any atom is -0.326 e. The molecule has 0 atom stereocenters. The molecular formula is C10H10N4O. The summed E-state index contributed by atoms with van der Waals surface area (Å²) < 4.78 is 1.81. The number of nitrogens with zero attached hydrogens (tertiary/aromatic N) is 3. The van der Waals surface area contributed by atoms with E-state index in [1.807, 2.05) is 11.5 Å². The second-order valence-corrected chi connectivity index (χ2v) is 2.98. The monoisotopic (exact) mass is 202 g/mol. The predicted octanol–water partition coefficient (Wildman–Crippen LogP) is 1.14. The first kappa shape index (κ1) is 9.39. The van der Waals surface area contributed by atoms with Crippen molar-refractivity contribution in [3.8, 4) is 5.82 Å². The highest BCUT2D eigenvalue weighted by molar-refractivity contribution is 5.75. The van der Waals surface area contributed by atoms with Crippen molar-refractivity contribution in [3.05, 3.63) is 36.5 Å². The van der Waals surface area contributed by atoms with E-state index in [0.717, 1.165) is 5.82 Å². The average Bonchev–Trinajstić information content (AvgIpc) is 2.66. The summed E-state index contributed by atoms with van der Waals surface area (Å²) in [6.07, 6.45) is 5.79. The van der Waals surface area contributed by atoms with Crippen molar-refractivity contribution in [2.75, 3.05) is 5.32 Å². The number of nitrogens with one attached hydrogen (secondary N) is 1. The fourth-order valence-corrected chi connectivity index (χ4v) is 1.37.